The van der Waals surface area contributed by atoms with E-state index >= 15 is 0 Å². The number of H-pyrrole nitrogens is 1. The van der Waals surface area contributed by atoms with Crippen molar-refractivity contribution >= 4 is 11.9 Å². The number of aliphatic carboxylic acids is 1. The summed E-state index contributed by atoms with van der Waals surface area (Å²) in [7, 11) is 0. The lowest BCUT2D eigenvalue weighted by molar-refractivity contribution is -0.140. The molecule has 0 aliphatic rings. The molecule has 0 bridgehead atoms. The number of hydrogen-bond donors (Lipinski definition) is 3. The number of pyridine rings is 1. The molecule has 0 aliphatic carbocycles. The fourth-order valence-electron chi connectivity index (χ4n) is 1.86. The molecule has 1 aromatic heterocycles. The number of carbonyl (C=O) groups excluding carboxylic acids is 1. The van der Waals surface area contributed by atoms with E-state index in [-0.39, 0.29) is 11.5 Å². The first-order valence-corrected chi connectivity index (χ1v) is 5.98. The van der Waals surface area contributed by atoms with E-state index in [1.165, 1.54) is 0 Å². The van der Waals surface area contributed by atoms with Gasteiger partial charge in [-0.15, -0.1) is 0 Å². The molecule has 3 N–H and O–H groups in total. The van der Waals surface area contributed by atoms with Crippen molar-refractivity contribution in [2.75, 3.05) is 0 Å². The van der Waals surface area contributed by atoms with Gasteiger partial charge in [0.05, 0.1) is 0 Å². The third kappa shape index (κ3) is 3.43. The second-order valence-corrected chi connectivity index (χ2v) is 4.87. The smallest absolute Gasteiger partial charge is 0.326 e. The first-order valence-electron chi connectivity index (χ1n) is 5.98. The molecule has 0 unspecified atom stereocenters. The predicted molar refractivity (Wildman–Crippen MR) is 70.3 cm³/mol. The zero-order chi connectivity index (χ0) is 14.7. The summed E-state index contributed by atoms with van der Waals surface area (Å²) in [6.07, 6.45) is 0. The zero-order valence-electron chi connectivity index (χ0n) is 11.4. The van der Waals surface area contributed by atoms with Crippen LogP contribution in [0.5, 0.6) is 0 Å². The van der Waals surface area contributed by atoms with Crippen molar-refractivity contribution in [2.24, 2.45) is 5.92 Å². The van der Waals surface area contributed by atoms with Crippen molar-refractivity contribution in [2.45, 2.75) is 33.7 Å². The minimum Gasteiger partial charge on any atom is -0.480 e. The standard InChI is InChI=1S/C13H18N2O4/c1-6(2)10(13(18)19)15-12(17)9-7(3)5-8(4)14-11(9)16/h5-6,10H,1-4H3,(H,14,16)(H,15,17)(H,18,19)/t10-/m0/s1. The SMILES string of the molecule is Cc1cc(C)c(C(=O)N[C@H](C(=O)O)C(C)C)c(=O)[nH]1. The average molecular weight is 266 g/mol. The Morgan fingerprint density at radius 2 is 1.89 bits per heavy atom. The lowest BCUT2D eigenvalue weighted by Gasteiger charge is -2.18. The first-order chi connectivity index (χ1) is 8.73. The minimum absolute atomic E-state index is 0.0440. The maximum atomic E-state index is 12.0. The second-order valence-electron chi connectivity index (χ2n) is 4.87. The molecule has 6 nitrogen and oxygen atoms in total. The molecule has 0 aliphatic heterocycles. The van der Waals surface area contributed by atoms with Crippen LogP contribution in [0.3, 0.4) is 0 Å². The molecule has 1 heterocycles. The van der Waals surface area contributed by atoms with Gasteiger partial charge in [-0.2, -0.15) is 0 Å². The van der Waals surface area contributed by atoms with Crippen LogP contribution in [0.15, 0.2) is 10.9 Å². The summed E-state index contributed by atoms with van der Waals surface area (Å²) in [5.74, 6) is -2.06. The van der Waals surface area contributed by atoms with Crippen LogP contribution in [0.25, 0.3) is 0 Å². The van der Waals surface area contributed by atoms with Crippen molar-refractivity contribution < 1.29 is 14.7 Å². The minimum atomic E-state index is -1.12. The van der Waals surface area contributed by atoms with Crippen molar-refractivity contribution in [3.63, 3.8) is 0 Å². The van der Waals surface area contributed by atoms with Gasteiger partial charge in [-0.1, -0.05) is 13.8 Å². The lowest BCUT2D eigenvalue weighted by atomic mass is 10.0. The van der Waals surface area contributed by atoms with E-state index < -0.39 is 23.5 Å². The number of carboxylic acid groups (broad SMARTS) is 1. The van der Waals surface area contributed by atoms with Crippen molar-refractivity contribution in [3.05, 3.63) is 33.2 Å². The van der Waals surface area contributed by atoms with Gasteiger partial charge in [0.15, 0.2) is 0 Å². The molecule has 1 rings (SSSR count). The number of carboxylic acids is 1. The average Bonchev–Trinajstić information content (AvgIpc) is 2.23. The number of nitrogens with one attached hydrogen (secondary N) is 2. The molecule has 6 heteroatoms. The summed E-state index contributed by atoms with van der Waals surface area (Å²) >= 11 is 0. The number of carbonyl (C=O) groups is 2. The third-order valence-electron chi connectivity index (χ3n) is 2.81. The van der Waals surface area contributed by atoms with Gasteiger partial charge in [0.2, 0.25) is 0 Å². The summed E-state index contributed by atoms with van der Waals surface area (Å²) in [4.78, 5) is 37.3. The van der Waals surface area contributed by atoms with Crippen LogP contribution in [0.2, 0.25) is 0 Å². The van der Waals surface area contributed by atoms with Crippen LogP contribution < -0.4 is 10.9 Å². The number of rotatable bonds is 4. The van der Waals surface area contributed by atoms with Crippen LogP contribution >= 0.6 is 0 Å². The van der Waals surface area contributed by atoms with E-state index in [1.807, 2.05) is 0 Å². The van der Waals surface area contributed by atoms with E-state index in [0.717, 1.165) is 0 Å². The predicted octanol–water partition coefficient (Wildman–Crippen LogP) is 0.831. The molecule has 104 valence electrons. The van der Waals surface area contributed by atoms with Crippen molar-refractivity contribution in [1.29, 1.82) is 0 Å². The van der Waals surface area contributed by atoms with Gasteiger partial charge in [0.25, 0.3) is 11.5 Å². The van der Waals surface area contributed by atoms with Gasteiger partial charge >= 0.3 is 5.97 Å². The van der Waals surface area contributed by atoms with Crippen LogP contribution in [-0.4, -0.2) is 28.0 Å². The normalized spacial score (nSPS) is 12.3. The van der Waals surface area contributed by atoms with Gasteiger partial charge in [0, 0.05) is 5.69 Å². The van der Waals surface area contributed by atoms with Gasteiger partial charge in [-0.25, -0.2) is 4.79 Å². The Kier molecular flexibility index (Phi) is 4.47. The monoisotopic (exact) mass is 266 g/mol. The fraction of sp³-hybridized carbons (Fsp3) is 0.462. The summed E-state index contributed by atoms with van der Waals surface area (Å²) in [5.41, 5.74) is 0.615. The lowest BCUT2D eigenvalue weighted by Crippen LogP contribution is -2.46. The maximum Gasteiger partial charge on any atom is 0.326 e. The molecule has 1 atom stereocenters. The van der Waals surface area contributed by atoms with Gasteiger partial charge in [-0.05, 0) is 31.4 Å². The van der Waals surface area contributed by atoms with Crippen molar-refractivity contribution in [3.8, 4) is 0 Å². The quantitative estimate of drug-likeness (QED) is 0.751. The maximum absolute atomic E-state index is 12.0. The number of aromatic nitrogens is 1. The van der Waals surface area contributed by atoms with Crippen LogP contribution in [0.4, 0.5) is 0 Å². The molecule has 1 amide bonds. The molecule has 0 radical (unpaired) electrons. The molecule has 0 fully saturated rings. The van der Waals surface area contributed by atoms with E-state index in [2.05, 4.69) is 10.3 Å². The number of hydrogen-bond acceptors (Lipinski definition) is 3. The first kappa shape index (κ1) is 14.9. The summed E-state index contributed by atoms with van der Waals surface area (Å²) in [6, 6.07) is 0.647. The van der Waals surface area contributed by atoms with Gasteiger partial charge in [-0.3, -0.25) is 9.59 Å². The highest BCUT2D eigenvalue weighted by Gasteiger charge is 2.25. The molecule has 1 aromatic rings. The van der Waals surface area contributed by atoms with Crippen LogP contribution in [-0.2, 0) is 4.79 Å². The van der Waals surface area contributed by atoms with Crippen LogP contribution in [0, 0.1) is 19.8 Å². The molecule has 0 saturated heterocycles. The Balaban J connectivity index is 3.08. The largest absolute Gasteiger partial charge is 0.480 e. The third-order valence-corrected chi connectivity index (χ3v) is 2.81. The van der Waals surface area contributed by atoms with E-state index in [0.29, 0.717) is 11.3 Å². The Morgan fingerprint density at radius 3 is 2.32 bits per heavy atom. The van der Waals surface area contributed by atoms with Gasteiger partial charge in [0.1, 0.15) is 11.6 Å². The summed E-state index contributed by atoms with van der Waals surface area (Å²) < 4.78 is 0. The molecule has 0 spiro atoms. The Labute approximate surface area is 110 Å². The highest BCUT2D eigenvalue weighted by molar-refractivity contribution is 5.97. The Morgan fingerprint density at radius 1 is 1.32 bits per heavy atom. The zero-order valence-corrected chi connectivity index (χ0v) is 11.4. The molecule has 0 aromatic carbocycles. The number of amides is 1. The topological polar surface area (TPSA) is 99.3 Å². The van der Waals surface area contributed by atoms with Crippen LogP contribution in [0.1, 0.15) is 35.5 Å². The van der Waals surface area contributed by atoms with E-state index in [9.17, 15) is 14.4 Å². The highest BCUT2D eigenvalue weighted by atomic mass is 16.4. The van der Waals surface area contributed by atoms with Gasteiger partial charge < -0.3 is 15.4 Å². The summed E-state index contributed by atoms with van der Waals surface area (Å²) in [6.45, 7) is 6.73. The molecule has 19 heavy (non-hydrogen) atoms. The number of aryl methyl sites for hydroxylation is 2. The summed E-state index contributed by atoms with van der Waals surface area (Å²) in [5, 5.41) is 11.4. The van der Waals surface area contributed by atoms with E-state index in [1.54, 1.807) is 33.8 Å². The highest BCUT2D eigenvalue weighted by Crippen LogP contribution is 2.07. The van der Waals surface area contributed by atoms with Crippen molar-refractivity contribution in [1.82, 2.24) is 10.3 Å². The molecule has 0 saturated carbocycles. The number of aromatic amines is 1. The molecular formula is C13H18N2O4. The Hall–Kier alpha value is -2.11. The Bertz CT molecular complexity index is 560. The van der Waals surface area contributed by atoms with E-state index in [4.69, 9.17) is 5.11 Å². The fourth-order valence-corrected chi connectivity index (χ4v) is 1.86. The second kappa shape index (κ2) is 5.69. The molecular weight excluding hydrogens is 248 g/mol.